The summed E-state index contributed by atoms with van der Waals surface area (Å²) in [5.41, 5.74) is 5.01. The van der Waals surface area contributed by atoms with Gasteiger partial charge in [-0.2, -0.15) is 0 Å². The molecule has 1 aliphatic carbocycles. The van der Waals surface area contributed by atoms with Crippen molar-refractivity contribution in [1.29, 1.82) is 0 Å². The van der Waals surface area contributed by atoms with E-state index < -0.39 is 35.0 Å². The molecule has 0 aromatic heterocycles. The third-order valence-electron chi connectivity index (χ3n) is 3.88. The molecule has 1 aromatic carbocycles. The number of halogens is 1. The monoisotopic (exact) mass is 310 g/mol. The van der Waals surface area contributed by atoms with Gasteiger partial charge in [-0.1, -0.05) is 25.4 Å². The fourth-order valence-electron chi connectivity index (χ4n) is 2.57. The maximum absolute atomic E-state index is 12.2. The zero-order chi connectivity index (χ0) is 15.9. The highest BCUT2D eigenvalue weighted by atomic mass is 35.5. The second kappa shape index (κ2) is 5.04. The van der Waals surface area contributed by atoms with Crippen LogP contribution in [0, 0.1) is 17.3 Å². The first-order valence-electron chi connectivity index (χ1n) is 6.29. The second-order valence-electron chi connectivity index (χ2n) is 5.66. The molecule has 0 saturated heterocycles. The molecule has 6 nitrogen and oxygen atoms in total. The molecule has 1 fully saturated rings. The van der Waals surface area contributed by atoms with Crippen molar-refractivity contribution in [3.63, 3.8) is 0 Å². The van der Waals surface area contributed by atoms with Crippen molar-refractivity contribution in [3.05, 3.63) is 28.8 Å². The summed E-state index contributed by atoms with van der Waals surface area (Å²) in [6.45, 7) is 3.44. The first-order valence-corrected chi connectivity index (χ1v) is 6.67. The molecule has 2 amide bonds. The molecule has 0 aliphatic heterocycles. The van der Waals surface area contributed by atoms with Crippen LogP contribution < -0.4 is 11.1 Å². The normalized spacial score (nSPS) is 22.4. The average Bonchev–Trinajstić information content (AvgIpc) is 2.95. The van der Waals surface area contributed by atoms with Crippen LogP contribution in [-0.2, 0) is 9.59 Å². The Morgan fingerprint density at radius 1 is 1.29 bits per heavy atom. The summed E-state index contributed by atoms with van der Waals surface area (Å²) < 4.78 is 0. The average molecular weight is 311 g/mol. The molecule has 1 aliphatic rings. The van der Waals surface area contributed by atoms with Gasteiger partial charge >= 0.3 is 5.97 Å². The Bertz CT molecular complexity index is 642. The number of carboxylic acid groups (broad SMARTS) is 1. The van der Waals surface area contributed by atoms with Crippen LogP contribution in [0.4, 0.5) is 5.69 Å². The fraction of sp³-hybridized carbons (Fsp3) is 0.357. The number of hydrogen-bond acceptors (Lipinski definition) is 3. The lowest BCUT2D eigenvalue weighted by Crippen LogP contribution is -2.19. The molecular formula is C14H15ClN2O4. The number of aliphatic carboxylic acids is 1. The van der Waals surface area contributed by atoms with Crippen molar-refractivity contribution in [1.82, 2.24) is 0 Å². The van der Waals surface area contributed by atoms with Gasteiger partial charge in [0.15, 0.2) is 0 Å². The van der Waals surface area contributed by atoms with E-state index in [9.17, 15) is 14.4 Å². The van der Waals surface area contributed by atoms with Crippen molar-refractivity contribution < 1.29 is 19.5 Å². The molecule has 7 heteroatoms. The van der Waals surface area contributed by atoms with Crippen LogP contribution in [0.2, 0.25) is 5.02 Å². The Labute approximate surface area is 126 Å². The molecule has 0 spiro atoms. The van der Waals surface area contributed by atoms with Gasteiger partial charge in [-0.25, -0.2) is 0 Å². The van der Waals surface area contributed by atoms with Crippen LogP contribution in [0.1, 0.15) is 24.2 Å². The zero-order valence-electron chi connectivity index (χ0n) is 11.5. The van der Waals surface area contributed by atoms with E-state index in [0.717, 1.165) is 0 Å². The minimum Gasteiger partial charge on any atom is -0.481 e. The van der Waals surface area contributed by atoms with E-state index in [1.165, 1.54) is 18.2 Å². The molecule has 1 saturated carbocycles. The predicted octanol–water partition coefficient (Wildman–Crippen LogP) is 1.73. The van der Waals surface area contributed by atoms with Crippen LogP contribution in [-0.4, -0.2) is 22.9 Å². The number of carbonyl (C=O) groups excluding carboxylic acids is 2. The number of anilines is 1. The molecule has 0 radical (unpaired) electrons. The summed E-state index contributed by atoms with van der Waals surface area (Å²) >= 11 is 5.96. The predicted molar refractivity (Wildman–Crippen MR) is 77.0 cm³/mol. The third kappa shape index (κ3) is 2.71. The Morgan fingerprint density at radius 2 is 1.90 bits per heavy atom. The standard InChI is InChI=1S/C14H15ClN2O4/c1-14(2)9(10(14)13(20)21)12(19)17-8-5-6(11(16)18)3-4-7(8)15/h3-5,9-10H,1-2H3,(H2,16,18)(H,17,19)(H,20,21)/t9-,10-/m0/s1. The second-order valence-corrected chi connectivity index (χ2v) is 6.07. The summed E-state index contributed by atoms with van der Waals surface area (Å²) in [7, 11) is 0. The summed E-state index contributed by atoms with van der Waals surface area (Å²) in [6.07, 6.45) is 0. The summed E-state index contributed by atoms with van der Waals surface area (Å²) in [6, 6.07) is 4.26. The van der Waals surface area contributed by atoms with Crippen LogP contribution in [0.25, 0.3) is 0 Å². The molecule has 0 unspecified atom stereocenters. The first-order chi connectivity index (χ1) is 9.66. The van der Waals surface area contributed by atoms with Gasteiger partial charge in [0.1, 0.15) is 0 Å². The minimum absolute atomic E-state index is 0.208. The Morgan fingerprint density at radius 3 is 2.38 bits per heavy atom. The van der Waals surface area contributed by atoms with Gasteiger partial charge < -0.3 is 16.2 Å². The summed E-state index contributed by atoms with van der Waals surface area (Å²) in [5.74, 6) is -3.44. The molecular weight excluding hydrogens is 296 g/mol. The summed E-state index contributed by atoms with van der Waals surface area (Å²) in [4.78, 5) is 34.4. The van der Waals surface area contributed by atoms with Gasteiger partial charge in [-0.05, 0) is 23.6 Å². The van der Waals surface area contributed by atoms with E-state index in [2.05, 4.69) is 5.32 Å². The van der Waals surface area contributed by atoms with Crippen LogP contribution in [0.5, 0.6) is 0 Å². The number of benzene rings is 1. The largest absolute Gasteiger partial charge is 0.481 e. The highest BCUT2D eigenvalue weighted by Gasteiger charge is 2.65. The molecule has 0 heterocycles. The van der Waals surface area contributed by atoms with Crippen molar-refractivity contribution >= 4 is 35.1 Å². The van der Waals surface area contributed by atoms with Gasteiger partial charge in [0.2, 0.25) is 11.8 Å². The van der Waals surface area contributed by atoms with E-state index in [0.29, 0.717) is 0 Å². The number of primary amides is 1. The third-order valence-corrected chi connectivity index (χ3v) is 4.21. The molecule has 1 aromatic rings. The van der Waals surface area contributed by atoms with Crippen LogP contribution >= 0.6 is 11.6 Å². The zero-order valence-corrected chi connectivity index (χ0v) is 12.3. The van der Waals surface area contributed by atoms with Gasteiger partial charge in [0, 0.05) is 5.56 Å². The Hall–Kier alpha value is -2.08. The van der Waals surface area contributed by atoms with Crippen molar-refractivity contribution in [2.75, 3.05) is 5.32 Å². The number of carbonyl (C=O) groups is 3. The number of nitrogens with one attached hydrogen (secondary N) is 1. The van der Waals surface area contributed by atoms with E-state index in [1.54, 1.807) is 13.8 Å². The Kier molecular flexibility index (Phi) is 3.67. The molecule has 2 rings (SSSR count). The number of carboxylic acids is 1. The van der Waals surface area contributed by atoms with Gasteiger partial charge in [0.05, 0.1) is 22.5 Å². The molecule has 0 bridgehead atoms. The molecule has 112 valence electrons. The molecule has 2 atom stereocenters. The Balaban J connectivity index is 2.20. The van der Waals surface area contributed by atoms with Gasteiger partial charge in [-0.3, -0.25) is 14.4 Å². The molecule has 21 heavy (non-hydrogen) atoms. The van der Waals surface area contributed by atoms with E-state index in [4.69, 9.17) is 22.4 Å². The smallest absolute Gasteiger partial charge is 0.307 e. The van der Waals surface area contributed by atoms with Crippen LogP contribution in [0.15, 0.2) is 18.2 Å². The first kappa shape index (κ1) is 15.3. The SMILES string of the molecule is CC1(C)[C@H](C(=O)O)[C@H]1C(=O)Nc1cc(C(N)=O)ccc1Cl. The number of nitrogens with two attached hydrogens (primary N) is 1. The maximum atomic E-state index is 12.2. The number of amides is 2. The minimum atomic E-state index is -1.00. The number of rotatable bonds is 4. The van der Waals surface area contributed by atoms with E-state index >= 15 is 0 Å². The maximum Gasteiger partial charge on any atom is 0.307 e. The van der Waals surface area contributed by atoms with Crippen molar-refractivity contribution in [3.8, 4) is 0 Å². The highest BCUT2D eigenvalue weighted by molar-refractivity contribution is 6.34. The lowest BCUT2D eigenvalue weighted by Gasteiger charge is -2.09. The van der Waals surface area contributed by atoms with Gasteiger partial charge in [-0.15, -0.1) is 0 Å². The summed E-state index contributed by atoms with van der Waals surface area (Å²) in [5, 5.41) is 11.9. The van der Waals surface area contributed by atoms with Crippen molar-refractivity contribution in [2.45, 2.75) is 13.8 Å². The van der Waals surface area contributed by atoms with Gasteiger partial charge in [0.25, 0.3) is 0 Å². The van der Waals surface area contributed by atoms with Crippen molar-refractivity contribution in [2.24, 2.45) is 23.0 Å². The highest BCUT2D eigenvalue weighted by Crippen LogP contribution is 2.58. The molecule has 4 N–H and O–H groups in total. The van der Waals surface area contributed by atoms with E-state index in [1.807, 2.05) is 0 Å². The fourth-order valence-corrected chi connectivity index (χ4v) is 2.74. The topological polar surface area (TPSA) is 109 Å². The lowest BCUT2D eigenvalue weighted by atomic mass is 10.1. The number of hydrogen-bond donors (Lipinski definition) is 3. The van der Waals surface area contributed by atoms with Crippen LogP contribution in [0.3, 0.4) is 0 Å². The quantitative estimate of drug-likeness (QED) is 0.786. The van der Waals surface area contributed by atoms with E-state index in [-0.39, 0.29) is 16.3 Å². The lowest BCUT2D eigenvalue weighted by molar-refractivity contribution is -0.140.